The number of aryl methyl sites for hydroxylation is 1. The number of hydrogen-bond donors (Lipinski definition) is 0. The largest absolute Gasteiger partial charge is 0.294 e. The second-order valence-electron chi connectivity index (χ2n) is 4.10. The zero-order chi connectivity index (χ0) is 15.1. The van der Waals surface area contributed by atoms with E-state index in [-0.39, 0.29) is 27.7 Å². The quantitative estimate of drug-likeness (QED) is 0.492. The van der Waals surface area contributed by atoms with E-state index < -0.39 is 14.0 Å². The van der Waals surface area contributed by atoms with Crippen molar-refractivity contribution in [3.63, 3.8) is 0 Å². The van der Waals surface area contributed by atoms with Crippen molar-refractivity contribution in [2.75, 3.05) is 0 Å². The molecule has 9 heteroatoms. The number of nitrogens with zero attached hydrogens (tertiary/aromatic N) is 3. The number of halogens is 1. The minimum Gasteiger partial charge on any atom is -0.258 e. The maximum absolute atomic E-state index is 11.5. The van der Waals surface area contributed by atoms with Gasteiger partial charge in [0.15, 0.2) is 0 Å². The molecule has 7 nitrogen and oxygen atoms in total. The summed E-state index contributed by atoms with van der Waals surface area (Å²) in [5.74, 6) is 0. The zero-order valence-corrected chi connectivity index (χ0v) is 12.1. The Morgan fingerprint density at radius 3 is 2.40 bits per heavy atom. The van der Waals surface area contributed by atoms with E-state index in [0.29, 0.717) is 0 Å². The van der Waals surface area contributed by atoms with Gasteiger partial charge in [0.25, 0.3) is 14.7 Å². The van der Waals surface area contributed by atoms with Crippen LogP contribution in [0.2, 0.25) is 0 Å². The van der Waals surface area contributed by atoms with Crippen molar-refractivity contribution in [2.45, 2.75) is 18.7 Å². The number of nitro benzene ring substituents is 1. The van der Waals surface area contributed by atoms with E-state index in [0.717, 1.165) is 0 Å². The van der Waals surface area contributed by atoms with Gasteiger partial charge in [0.1, 0.15) is 10.6 Å². The summed E-state index contributed by atoms with van der Waals surface area (Å²) in [4.78, 5) is 10.3. The van der Waals surface area contributed by atoms with Crippen LogP contribution < -0.4 is 0 Å². The predicted octanol–water partition coefficient (Wildman–Crippen LogP) is 2.32. The highest BCUT2D eigenvalue weighted by Gasteiger charge is 2.25. The lowest BCUT2D eigenvalue weighted by atomic mass is 10.2. The van der Waals surface area contributed by atoms with E-state index in [9.17, 15) is 18.5 Å². The van der Waals surface area contributed by atoms with Gasteiger partial charge in [-0.2, -0.15) is 5.10 Å². The average molecular weight is 316 g/mol. The van der Waals surface area contributed by atoms with Gasteiger partial charge in [-0.1, -0.05) is 12.1 Å². The molecule has 20 heavy (non-hydrogen) atoms. The smallest absolute Gasteiger partial charge is 0.258 e. The Kier molecular flexibility index (Phi) is 3.53. The van der Waals surface area contributed by atoms with E-state index in [2.05, 4.69) is 5.10 Å². The number of rotatable bonds is 3. The van der Waals surface area contributed by atoms with Crippen LogP contribution in [-0.4, -0.2) is 23.1 Å². The Morgan fingerprint density at radius 1 is 1.30 bits per heavy atom. The third-order valence-electron chi connectivity index (χ3n) is 2.78. The molecule has 0 unspecified atom stereocenters. The first-order valence-electron chi connectivity index (χ1n) is 5.48. The lowest BCUT2D eigenvalue weighted by Crippen LogP contribution is -2.04. The molecule has 2 aromatic rings. The molecule has 0 aliphatic carbocycles. The van der Waals surface area contributed by atoms with Crippen molar-refractivity contribution in [3.8, 4) is 5.69 Å². The van der Waals surface area contributed by atoms with Gasteiger partial charge in [0, 0.05) is 16.7 Å². The van der Waals surface area contributed by atoms with Crippen LogP contribution in [0.4, 0.5) is 5.69 Å². The Bertz CT molecular complexity index is 798. The number of aromatic nitrogens is 2. The van der Waals surface area contributed by atoms with Crippen molar-refractivity contribution in [1.82, 2.24) is 9.78 Å². The van der Waals surface area contributed by atoms with Gasteiger partial charge in [0.05, 0.1) is 16.3 Å². The minimum absolute atomic E-state index is 0.127. The highest BCUT2D eigenvalue weighted by molar-refractivity contribution is 8.13. The lowest BCUT2D eigenvalue weighted by molar-refractivity contribution is -0.384. The van der Waals surface area contributed by atoms with E-state index in [1.54, 1.807) is 6.07 Å². The molecule has 0 saturated heterocycles. The Morgan fingerprint density at radius 2 is 1.90 bits per heavy atom. The van der Waals surface area contributed by atoms with Gasteiger partial charge < -0.3 is 0 Å². The monoisotopic (exact) mass is 315 g/mol. The standard InChI is InChI=1S/C11H10ClN3O4S/c1-7-11(20(12,18)19)8(2)14(13-7)9-5-3-4-6-10(9)15(16)17/h3-6H,1-2H3. The first-order chi connectivity index (χ1) is 9.23. The van der Waals surface area contributed by atoms with Gasteiger partial charge in [0.2, 0.25) is 0 Å². The molecule has 0 atom stereocenters. The van der Waals surface area contributed by atoms with Crippen molar-refractivity contribution in [2.24, 2.45) is 0 Å². The van der Waals surface area contributed by atoms with Crippen LogP contribution in [0.15, 0.2) is 29.2 Å². The average Bonchev–Trinajstić information content (AvgIpc) is 2.64. The molecule has 0 spiro atoms. The van der Waals surface area contributed by atoms with Gasteiger partial charge in [-0.05, 0) is 19.9 Å². The van der Waals surface area contributed by atoms with E-state index in [1.165, 1.54) is 36.7 Å². The number of benzene rings is 1. The Labute approximate surface area is 119 Å². The first-order valence-corrected chi connectivity index (χ1v) is 7.79. The summed E-state index contributed by atoms with van der Waals surface area (Å²) in [5, 5.41) is 15.1. The van der Waals surface area contributed by atoms with E-state index >= 15 is 0 Å². The van der Waals surface area contributed by atoms with E-state index in [1.807, 2.05) is 0 Å². The second-order valence-corrected chi connectivity index (χ2v) is 6.60. The summed E-state index contributed by atoms with van der Waals surface area (Å²) in [6.45, 7) is 2.97. The summed E-state index contributed by atoms with van der Waals surface area (Å²) < 4.78 is 24.2. The van der Waals surface area contributed by atoms with Gasteiger partial charge in [-0.15, -0.1) is 0 Å². The molecular formula is C11H10ClN3O4S. The van der Waals surface area contributed by atoms with Crippen LogP contribution in [0.3, 0.4) is 0 Å². The topological polar surface area (TPSA) is 95.1 Å². The highest BCUT2D eigenvalue weighted by Crippen LogP contribution is 2.29. The molecule has 0 radical (unpaired) electrons. The van der Waals surface area contributed by atoms with Crippen LogP contribution >= 0.6 is 10.7 Å². The molecule has 0 fully saturated rings. The van der Waals surface area contributed by atoms with E-state index in [4.69, 9.17) is 10.7 Å². The molecular weight excluding hydrogens is 306 g/mol. The molecule has 1 heterocycles. The summed E-state index contributed by atoms with van der Waals surface area (Å²) in [7, 11) is 1.39. The fourth-order valence-corrected chi connectivity index (χ4v) is 3.52. The van der Waals surface area contributed by atoms with Crippen molar-refractivity contribution >= 4 is 25.4 Å². The molecule has 0 N–H and O–H groups in total. The predicted molar refractivity (Wildman–Crippen MR) is 72.7 cm³/mol. The normalized spacial score (nSPS) is 11.6. The van der Waals surface area contributed by atoms with Gasteiger partial charge in [-0.3, -0.25) is 10.1 Å². The Hall–Kier alpha value is -1.93. The fourth-order valence-electron chi connectivity index (χ4n) is 2.01. The molecule has 1 aromatic carbocycles. The summed E-state index contributed by atoms with van der Waals surface area (Å²) >= 11 is 0. The molecule has 0 bridgehead atoms. The highest BCUT2D eigenvalue weighted by atomic mass is 35.7. The van der Waals surface area contributed by atoms with Crippen molar-refractivity contribution < 1.29 is 13.3 Å². The molecule has 0 amide bonds. The molecule has 0 aliphatic heterocycles. The fraction of sp³-hybridized carbons (Fsp3) is 0.182. The summed E-state index contributed by atoms with van der Waals surface area (Å²) in [5.41, 5.74) is 0.434. The number of para-hydroxylation sites is 2. The SMILES string of the molecule is Cc1nn(-c2ccccc2[N+](=O)[O-])c(C)c1S(=O)(=O)Cl. The molecule has 0 aliphatic rings. The van der Waals surface area contributed by atoms with Gasteiger partial charge in [-0.25, -0.2) is 13.1 Å². The summed E-state index contributed by atoms with van der Waals surface area (Å²) in [6.07, 6.45) is 0. The third-order valence-corrected chi connectivity index (χ3v) is 4.32. The van der Waals surface area contributed by atoms with Crippen molar-refractivity contribution in [3.05, 3.63) is 45.8 Å². The Balaban J connectivity index is 2.77. The third kappa shape index (κ3) is 2.39. The molecule has 2 rings (SSSR count). The maximum Gasteiger partial charge on any atom is 0.294 e. The van der Waals surface area contributed by atoms with Crippen LogP contribution in [0, 0.1) is 24.0 Å². The summed E-state index contributed by atoms with van der Waals surface area (Å²) in [6, 6.07) is 5.93. The molecule has 1 aromatic heterocycles. The second kappa shape index (κ2) is 4.88. The van der Waals surface area contributed by atoms with Gasteiger partial charge >= 0.3 is 0 Å². The lowest BCUT2D eigenvalue weighted by Gasteiger charge is -2.05. The first kappa shape index (κ1) is 14.5. The zero-order valence-electron chi connectivity index (χ0n) is 10.6. The van der Waals surface area contributed by atoms with Crippen LogP contribution in [0.25, 0.3) is 5.69 Å². The molecule has 0 saturated carbocycles. The molecule has 106 valence electrons. The van der Waals surface area contributed by atoms with Crippen LogP contribution in [0.1, 0.15) is 11.4 Å². The van der Waals surface area contributed by atoms with Crippen LogP contribution in [0.5, 0.6) is 0 Å². The van der Waals surface area contributed by atoms with Crippen molar-refractivity contribution in [1.29, 1.82) is 0 Å². The number of hydrogen-bond acceptors (Lipinski definition) is 5. The minimum atomic E-state index is -3.97. The maximum atomic E-state index is 11.5. The number of nitro groups is 1. The van der Waals surface area contributed by atoms with Crippen LogP contribution in [-0.2, 0) is 9.05 Å².